The third-order valence-corrected chi connectivity index (χ3v) is 6.96. The van der Waals surface area contributed by atoms with Crippen LogP contribution in [0, 0.1) is 5.92 Å². The molecule has 1 aromatic carbocycles. The predicted octanol–water partition coefficient (Wildman–Crippen LogP) is 3.04. The van der Waals surface area contributed by atoms with Crippen molar-refractivity contribution >= 4 is 39.2 Å². The summed E-state index contributed by atoms with van der Waals surface area (Å²) in [4.78, 5) is 24.0. The molecule has 2 rings (SSSR count). The van der Waals surface area contributed by atoms with Gasteiger partial charge in [-0.25, -0.2) is 8.42 Å². The third-order valence-electron chi connectivity index (χ3n) is 4.59. The first-order chi connectivity index (χ1) is 12.8. The lowest BCUT2D eigenvalue weighted by molar-refractivity contribution is -0.151. The molecule has 1 saturated carbocycles. The number of nitrogens with one attached hydrogen (secondary N) is 1. The zero-order chi connectivity index (χ0) is 20.0. The number of anilines is 1. The minimum atomic E-state index is -3.68. The highest BCUT2D eigenvalue weighted by molar-refractivity contribution is 7.89. The van der Waals surface area contributed by atoms with Gasteiger partial charge in [-0.2, -0.15) is 4.31 Å². The van der Waals surface area contributed by atoms with Crippen LogP contribution in [0.25, 0.3) is 0 Å². The third kappa shape index (κ3) is 5.43. The first-order valence-corrected chi connectivity index (χ1v) is 10.9. The number of carbonyl (C=O) groups excluding carboxylic acids is 2. The lowest BCUT2D eigenvalue weighted by atomic mass is 10.1. The summed E-state index contributed by atoms with van der Waals surface area (Å²) in [5.41, 5.74) is 0.159. The van der Waals surface area contributed by atoms with E-state index < -0.39 is 22.5 Å². The van der Waals surface area contributed by atoms with E-state index in [2.05, 4.69) is 5.32 Å². The molecule has 27 heavy (non-hydrogen) atoms. The fourth-order valence-electron chi connectivity index (χ4n) is 3.08. The van der Waals surface area contributed by atoms with E-state index in [0.29, 0.717) is 13.1 Å². The van der Waals surface area contributed by atoms with E-state index in [1.807, 2.05) is 0 Å². The quantitative estimate of drug-likeness (QED) is 0.657. The molecule has 0 radical (unpaired) electrons. The minimum Gasteiger partial charge on any atom is -0.455 e. The number of nitrogens with zero attached hydrogens (tertiary/aromatic N) is 1. The summed E-state index contributed by atoms with van der Waals surface area (Å²) in [7, 11) is -3.68. The van der Waals surface area contributed by atoms with Gasteiger partial charge >= 0.3 is 5.97 Å². The topological polar surface area (TPSA) is 92.8 Å². The van der Waals surface area contributed by atoms with Gasteiger partial charge in [0.25, 0.3) is 5.91 Å². The van der Waals surface area contributed by atoms with Crippen LogP contribution in [0.5, 0.6) is 0 Å². The Kier molecular flexibility index (Phi) is 7.64. The van der Waals surface area contributed by atoms with Crippen molar-refractivity contribution in [3.8, 4) is 0 Å². The number of hydrogen-bond acceptors (Lipinski definition) is 5. The van der Waals surface area contributed by atoms with E-state index in [-0.39, 0.29) is 27.5 Å². The summed E-state index contributed by atoms with van der Waals surface area (Å²) >= 11 is 6.07. The zero-order valence-electron chi connectivity index (χ0n) is 15.5. The van der Waals surface area contributed by atoms with E-state index in [1.165, 1.54) is 22.5 Å². The fourth-order valence-corrected chi connectivity index (χ4v) is 4.73. The molecular formula is C18H25ClN2O5S. The molecule has 9 heteroatoms. The second kappa shape index (κ2) is 9.52. The minimum absolute atomic E-state index is 0.0360. The number of esters is 1. The molecule has 1 aliphatic carbocycles. The van der Waals surface area contributed by atoms with Crippen molar-refractivity contribution in [2.45, 2.75) is 44.4 Å². The molecule has 0 aliphatic heterocycles. The lowest BCUT2D eigenvalue weighted by Gasteiger charge is -2.19. The molecule has 1 N–H and O–H groups in total. The molecule has 0 atom stereocenters. The summed E-state index contributed by atoms with van der Waals surface area (Å²) < 4.78 is 31.6. The van der Waals surface area contributed by atoms with E-state index in [9.17, 15) is 18.0 Å². The van der Waals surface area contributed by atoms with Crippen LogP contribution in [-0.4, -0.2) is 44.3 Å². The summed E-state index contributed by atoms with van der Waals surface area (Å²) in [5, 5.41) is 2.71. The monoisotopic (exact) mass is 416 g/mol. The molecule has 0 saturated heterocycles. The number of carbonyl (C=O) groups is 2. The molecule has 1 fully saturated rings. The molecule has 0 aromatic heterocycles. The molecule has 0 spiro atoms. The fraction of sp³-hybridized carbons (Fsp3) is 0.556. The Morgan fingerprint density at radius 2 is 1.85 bits per heavy atom. The number of sulfonamides is 1. The molecular weight excluding hydrogens is 392 g/mol. The molecule has 7 nitrogen and oxygen atoms in total. The molecule has 0 unspecified atom stereocenters. The van der Waals surface area contributed by atoms with E-state index in [0.717, 1.165) is 25.7 Å². The maximum Gasteiger partial charge on any atom is 0.309 e. The van der Waals surface area contributed by atoms with Gasteiger partial charge in [0.1, 0.15) is 0 Å². The van der Waals surface area contributed by atoms with Crippen molar-refractivity contribution in [2.75, 3.05) is 25.0 Å². The maximum absolute atomic E-state index is 12.6. The highest BCUT2D eigenvalue weighted by Gasteiger charge is 2.25. The van der Waals surface area contributed by atoms with Gasteiger partial charge in [-0.1, -0.05) is 38.3 Å². The van der Waals surface area contributed by atoms with Crippen molar-refractivity contribution in [3.63, 3.8) is 0 Å². The Morgan fingerprint density at radius 3 is 2.44 bits per heavy atom. The lowest BCUT2D eigenvalue weighted by Crippen LogP contribution is -2.30. The number of amides is 1. The Labute approximate surface area is 165 Å². The molecule has 1 amide bonds. The van der Waals surface area contributed by atoms with Crippen LogP contribution in [0.4, 0.5) is 5.69 Å². The summed E-state index contributed by atoms with van der Waals surface area (Å²) in [6, 6.07) is 4.12. The molecule has 1 aromatic rings. The van der Waals surface area contributed by atoms with Gasteiger partial charge in [0.05, 0.1) is 21.5 Å². The van der Waals surface area contributed by atoms with Crippen molar-refractivity contribution < 1.29 is 22.7 Å². The maximum atomic E-state index is 12.6. The van der Waals surface area contributed by atoms with Gasteiger partial charge in [0, 0.05) is 13.1 Å². The van der Waals surface area contributed by atoms with Crippen LogP contribution in [0.3, 0.4) is 0 Å². The van der Waals surface area contributed by atoms with Crippen molar-refractivity contribution in [3.05, 3.63) is 23.2 Å². The number of rotatable bonds is 8. The second-order valence-electron chi connectivity index (χ2n) is 6.37. The predicted molar refractivity (Wildman–Crippen MR) is 103 cm³/mol. The molecule has 0 heterocycles. The SMILES string of the molecule is CCN(CC)S(=O)(=O)c1ccc(Cl)c(NC(=O)COC(=O)C2CCCC2)c1. The van der Waals surface area contributed by atoms with E-state index in [1.54, 1.807) is 13.8 Å². The Balaban J connectivity index is 2.05. The largest absolute Gasteiger partial charge is 0.455 e. The molecule has 1 aliphatic rings. The Hall–Kier alpha value is -1.64. The first-order valence-electron chi connectivity index (χ1n) is 9.05. The standard InChI is InChI=1S/C18H25ClN2O5S/c1-3-21(4-2)27(24,25)14-9-10-15(19)16(11-14)20-17(22)12-26-18(23)13-7-5-6-8-13/h9-11,13H,3-8,12H2,1-2H3,(H,20,22). The average molecular weight is 417 g/mol. The number of halogens is 1. The van der Waals surface area contributed by atoms with Crippen LogP contribution in [0.1, 0.15) is 39.5 Å². The summed E-state index contributed by atoms with van der Waals surface area (Å²) in [5.74, 6) is -1.07. The van der Waals surface area contributed by atoms with Crippen LogP contribution in [0.15, 0.2) is 23.1 Å². The van der Waals surface area contributed by atoms with Crippen LogP contribution < -0.4 is 5.32 Å². The highest BCUT2D eigenvalue weighted by Crippen LogP contribution is 2.27. The average Bonchev–Trinajstić information content (AvgIpc) is 3.17. The van der Waals surface area contributed by atoms with Gasteiger partial charge < -0.3 is 10.1 Å². The summed E-state index contributed by atoms with van der Waals surface area (Å²) in [6.07, 6.45) is 3.57. The van der Waals surface area contributed by atoms with Crippen LogP contribution in [0.2, 0.25) is 5.02 Å². The smallest absolute Gasteiger partial charge is 0.309 e. The van der Waals surface area contributed by atoms with Crippen molar-refractivity contribution in [1.29, 1.82) is 0 Å². The Bertz CT molecular complexity index is 787. The van der Waals surface area contributed by atoms with Gasteiger partial charge in [-0.3, -0.25) is 9.59 Å². The number of hydrogen-bond donors (Lipinski definition) is 1. The van der Waals surface area contributed by atoms with E-state index >= 15 is 0 Å². The second-order valence-corrected chi connectivity index (χ2v) is 8.71. The van der Waals surface area contributed by atoms with Crippen LogP contribution in [-0.2, 0) is 24.3 Å². The number of benzene rings is 1. The zero-order valence-corrected chi connectivity index (χ0v) is 17.1. The van der Waals surface area contributed by atoms with Gasteiger partial charge in [0.15, 0.2) is 6.61 Å². The van der Waals surface area contributed by atoms with E-state index in [4.69, 9.17) is 16.3 Å². The molecule has 0 bridgehead atoms. The number of ether oxygens (including phenoxy) is 1. The molecule has 150 valence electrons. The summed E-state index contributed by atoms with van der Waals surface area (Å²) in [6.45, 7) is 3.73. The first kappa shape index (κ1) is 21.7. The van der Waals surface area contributed by atoms with Gasteiger partial charge in [0.2, 0.25) is 10.0 Å². The van der Waals surface area contributed by atoms with Gasteiger partial charge in [-0.15, -0.1) is 0 Å². The van der Waals surface area contributed by atoms with Crippen molar-refractivity contribution in [2.24, 2.45) is 5.92 Å². The van der Waals surface area contributed by atoms with Crippen LogP contribution >= 0.6 is 11.6 Å². The normalized spacial score (nSPS) is 15.1. The Morgan fingerprint density at radius 1 is 1.22 bits per heavy atom. The van der Waals surface area contributed by atoms with Crippen molar-refractivity contribution in [1.82, 2.24) is 4.31 Å². The highest BCUT2D eigenvalue weighted by atomic mass is 35.5. The van der Waals surface area contributed by atoms with Gasteiger partial charge in [-0.05, 0) is 31.0 Å².